The molecule has 0 bridgehead atoms. The zero-order valence-electron chi connectivity index (χ0n) is 23.7. The van der Waals surface area contributed by atoms with E-state index in [-0.39, 0.29) is 17.9 Å². The van der Waals surface area contributed by atoms with Crippen LogP contribution in [-0.2, 0) is 22.5 Å². The van der Waals surface area contributed by atoms with Crippen molar-refractivity contribution < 1.29 is 14.6 Å². The standard InChI is InChI=1S/C30H43N3O3S/c1-19-17-36-25(29(5,6)18-34)14-22(19)32-27(35)30(7,8)37-21-11-12-24-23(13-21)31-26(15-28(2,3)4)33(24)16-20-9-10-20/h11-14,20,34H,9-10,15-18H2,1-8H3,(H,32,35). The van der Waals surface area contributed by atoms with Gasteiger partial charge in [-0.05, 0) is 68.7 Å². The Morgan fingerprint density at radius 3 is 2.51 bits per heavy atom. The number of ether oxygens (including phenoxy) is 1. The molecule has 0 spiro atoms. The number of rotatable bonds is 9. The molecular weight excluding hydrogens is 482 g/mol. The Kier molecular flexibility index (Phi) is 7.61. The minimum absolute atomic E-state index is 0.0309. The van der Waals surface area contributed by atoms with Gasteiger partial charge in [0.1, 0.15) is 18.2 Å². The lowest BCUT2D eigenvalue weighted by atomic mass is 9.90. The van der Waals surface area contributed by atoms with Gasteiger partial charge in [-0.15, -0.1) is 11.8 Å². The summed E-state index contributed by atoms with van der Waals surface area (Å²) < 4.78 is 7.54. The van der Waals surface area contributed by atoms with Gasteiger partial charge in [-0.25, -0.2) is 4.98 Å². The molecule has 2 aliphatic rings. The van der Waals surface area contributed by atoms with Crippen LogP contribution in [0.2, 0.25) is 0 Å². The largest absolute Gasteiger partial charge is 0.493 e. The Morgan fingerprint density at radius 1 is 1.19 bits per heavy atom. The summed E-state index contributed by atoms with van der Waals surface area (Å²) in [5, 5.41) is 12.9. The number of carbonyl (C=O) groups excluding carboxylic acids is 1. The Morgan fingerprint density at radius 2 is 1.89 bits per heavy atom. The molecule has 1 aromatic carbocycles. The molecule has 0 atom stereocenters. The molecular formula is C30H43N3O3S. The molecule has 1 saturated carbocycles. The summed E-state index contributed by atoms with van der Waals surface area (Å²) in [5.41, 5.74) is 3.55. The van der Waals surface area contributed by atoms with Crippen LogP contribution in [0, 0.1) is 16.7 Å². The summed E-state index contributed by atoms with van der Waals surface area (Å²) in [6, 6.07) is 6.42. The summed E-state index contributed by atoms with van der Waals surface area (Å²) in [6.45, 7) is 17.9. The van der Waals surface area contributed by atoms with Crippen LogP contribution in [0.25, 0.3) is 11.0 Å². The Hall–Kier alpha value is -2.25. The average Bonchev–Trinajstić information content (AvgIpc) is 3.56. The molecule has 202 valence electrons. The van der Waals surface area contributed by atoms with Gasteiger partial charge < -0.3 is 19.7 Å². The van der Waals surface area contributed by atoms with Crippen molar-refractivity contribution in [3.63, 3.8) is 0 Å². The number of hydrogen-bond acceptors (Lipinski definition) is 5. The lowest BCUT2D eigenvalue weighted by molar-refractivity contribution is -0.121. The second-order valence-electron chi connectivity index (χ2n) is 13.1. The van der Waals surface area contributed by atoms with Crippen LogP contribution in [0.3, 0.4) is 0 Å². The first-order valence-electron chi connectivity index (χ1n) is 13.3. The van der Waals surface area contributed by atoms with Crippen molar-refractivity contribution in [1.29, 1.82) is 0 Å². The topological polar surface area (TPSA) is 76.4 Å². The minimum atomic E-state index is -0.704. The van der Waals surface area contributed by atoms with Gasteiger partial charge in [0.2, 0.25) is 5.91 Å². The van der Waals surface area contributed by atoms with E-state index >= 15 is 0 Å². The van der Waals surface area contributed by atoms with Crippen LogP contribution in [0.4, 0.5) is 0 Å². The van der Waals surface area contributed by atoms with Crippen LogP contribution >= 0.6 is 11.8 Å². The molecule has 1 aliphatic carbocycles. The smallest absolute Gasteiger partial charge is 0.240 e. The van der Waals surface area contributed by atoms with Crippen molar-refractivity contribution >= 4 is 28.7 Å². The Labute approximate surface area is 225 Å². The highest BCUT2D eigenvalue weighted by molar-refractivity contribution is 8.01. The molecule has 0 saturated heterocycles. The number of carbonyl (C=O) groups is 1. The number of thioether (sulfide) groups is 1. The lowest BCUT2D eigenvalue weighted by Crippen LogP contribution is -2.40. The number of aromatic nitrogens is 2. The normalized spacial score (nSPS) is 17.2. The number of imidazole rings is 1. The van der Waals surface area contributed by atoms with Crippen LogP contribution in [0.15, 0.2) is 46.2 Å². The summed E-state index contributed by atoms with van der Waals surface area (Å²) in [7, 11) is 0. The number of nitrogens with one attached hydrogen (secondary N) is 1. The van der Waals surface area contributed by atoms with Crippen molar-refractivity contribution in [2.45, 2.75) is 90.8 Å². The number of allylic oxidation sites excluding steroid dienone is 1. The van der Waals surface area contributed by atoms with Crippen LogP contribution < -0.4 is 5.32 Å². The van der Waals surface area contributed by atoms with E-state index in [0.29, 0.717) is 12.4 Å². The quantitative estimate of drug-likeness (QED) is 0.380. The van der Waals surface area contributed by atoms with Gasteiger partial charge in [0.05, 0.1) is 22.4 Å². The maximum absolute atomic E-state index is 13.4. The van der Waals surface area contributed by atoms with Gasteiger partial charge in [-0.1, -0.05) is 34.6 Å². The van der Waals surface area contributed by atoms with E-state index in [1.807, 2.05) is 40.7 Å². The van der Waals surface area contributed by atoms with Crippen molar-refractivity contribution in [2.24, 2.45) is 16.7 Å². The van der Waals surface area contributed by atoms with Gasteiger partial charge in [-0.2, -0.15) is 0 Å². The highest BCUT2D eigenvalue weighted by Gasteiger charge is 2.33. The molecule has 2 heterocycles. The number of amides is 1. The minimum Gasteiger partial charge on any atom is -0.493 e. The number of fused-ring (bicyclic) bond motifs is 1. The maximum atomic E-state index is 13.4. The monoisotopic (exact) mass is 525 g/mol. The first-order valence-corrected chi connectivity index (χ1v) is 14.2. The molecule has 37 heavy (non-hydrogen) atoms. The fourth-order valence-electron chi connectivity index (χ4n) is 4.38. The second kappa shape index (κ2) is 10.1. The first kappa shape index (κ1) is 27.8. The van der Waals surface area contributed by atoms with Gasteiger partial charge in [0.25, 0.3) is 0 Å². The van der Waals surface area contributed by atoms with E-state index in [9.17, 15) is 9.90 Å². The molecule has 1 aliphatic heterocycles. The summed E-state index contributed by atoms with van der Waals surface area (Å²) in [5.74, 6) is 2.54. The second-order valence-corrected chi connectivity index (χ2v) is 14.8. The molecule has 0 unspecified atom stereocenters. The van der Waals surface area contributed by atoms with Crippen molar-refractivity contribution in [3.8, 4) is 0 Å². The number of hydrogen-bond donors (Lipinski definition) is 2. The molecule has 7 heteroatoms. The summed E-state index contributed by atoms with van der Waals surface area (Å²) in [4.78, 5) is 19.5. The van der Waals surface area contributed by atoms with E-state index in [4.69, 9.17) is 9.72 Å². The van der Waals surface area contributed by atoms with Crippen LogP contribution in [0.5, 0.6) is 0 Å². The molecule has 1 amide bonds. The van der Waals surface area contributed by atoms with E-state index in [1.165, 1.54) is 18.4 Å². The zero-order valence-corrected chi connectivity index (χ0v) is 24.5. The van der Waals surface area contributed by atoms with Gasteiger partial charge in [0, 0.05) is 35.0 Å². The Balaban J connectivity index is 1.54. The molecule has 1 fully saturated rings. The Bertz CT molecular complexity index is 1240. The predicted molar refractivity (Wildman–Crippen MR) is 151 cm³/mol. The molecule has 2 aromatic rings. The van der Waals surface area contributed by atoms with Gasteiger partial charge in [-0.3, -0.25) is 4.79 Å². The summed E-state index contributed by atoms with van der Waals surface area (Å²) in [6.07, 6.45) is 5.40. The zero-order chi connectivity index (χ0) is 27.2. The van der Waals surface area contributed by atoms with Gasteiger partial charge in [0.15, 0.2) is 0 Å². The highest BCUT2D eigenvalue weighted by Crippen LogP contribution is 2.38. The fourth-order valence-corrected chi connectivity index (χ4v) is 5.42. The first-order chi connectivity index (χ1) is 17.2. The number of aliphatic hydroxyl groups is 1. The van der Waals surface area contributed by atoms with Gasteiger partial charge >= 0.3 is 0 Å². The SMILES string of the molecule is CC1=C(NC(=O)C(C)(C)Sc2ccc3c(c2)nc(CC(C)(C)C)n3CC2CC2)C=C(C(C)(C)CO)OC1. The molecule has 6 nitrogen and oxygen atoms in total. The van der Waals surface area contributed by atoms with E-state index in [0.717, 1.165) is 46.4 Å². The third kappa shape index (κ3) is 6.61. The van der Waals surface area contributed by atoms with E-state index < -0.39 is 10.2 Å². The van der Waals surface area contributed by atoms with Crippen LogP contribution in [0.1, 0.15) is 74.1 Å². The van der Waals surface area contributed by atoms with Crippen molar-refractivity contribution in [3.05, 3.63) is 47.1 Å². The highest BCUT2D eigenvalue weighted by atomic mass is 32.2. The molecule has 1 aromatic heterocycles. The van der Waals surface area contributed by atoms with Crippen LogP contribution in [-0.4, -0.2) is 38.5 Å². The van der Waals surface area contributed by atoms with Crippen molar-refractivity contribution in [1.82, 2.24) is 14.9 Å². The van der Waals surface area contributed by atoms with Crippen molar-refractivity contribution in [2.75, 3.05) is 13.2 Å². The number of aliphatic hydroxyl groups excluding tert-OH is 1. The van der Waals surface area contributed by atoms with E-state index in [1.54, 1.807) is 11.8 Å². The third-order valence-corrected chi connectivity index (χ3v) is 8.22. The molecule has 4 rings (SSSR count). The lowest BCUT2D eigenvalue weighted by Gasteiger charge is -2.31. The van der Waals surface area contributed by atoms with E-state index in [2.05, 4.69) is 48.9 Å². The molecule has 2 N–H and O–H groups in total. The molecule has 0 radical (unpaired) electrons. The third-order valence-electron chi connectivity index (χ3n) is 7.03. The number of benzene rings is 1. The summed E-state index contributed by atoms with van der Waals surface area (Å²) >= 11 is 1.55. The fraction of sp³-hybridized carbons (Fsp3) is 0.600. The average molecular weight is 526 g/mol. The maximum Gasteiger partial charge on any atom is 0.240 e. The predicted octanol–water partition coefficient (Wildman–Crippen LogP) is 6.23. The number of nitrogens with zero attached hydrogens (tertiary/aromatic N) is 2.